The van der Waals surface area contributed by atoms with E-state index in [1.165, 1.54) is 16.9 Å². The van der Waals surface area contributed by atoms with E-state index in [1.54, 1.807) is 29.8 Å². The third-order valence-electron chi connectivity index (χ3n) is 5.03. The molecule has 0 aliphatic heterocycles. The Morgan fingerprint density at radius 2 is 1.97 bits per heavy atom. The van der Waals surface area contributed by atoms with Crippen molar-refractivity contribution in [1.29, 1.82) is 0 Å². The first-order valence-corrected chi connectivity index (χ1v) is 12.2. The Morgan fingerprint density at radius 3 is 2.59 bits per heavy atom. The Labute approximate surface area is 195 Å². The first-order valence-electron chi connectivity index (χ1n) is 10.3. The number of rotatable bonds is 7. The van der Waals surface area contributed by atoms with Crippen molar-refractivity contribution < 1.29 is 9.21 Å². The van der Waals surface area contributed by atoms with Crippen molar-refractivity contribution in [3.8, 4) is 11.6 Å². The van der Waals surface area contributed by atoms with E-state index in [4.69, 9.17) is 9.40 Å². The normalized spacial score (nSPS) is 11.2. The van der Waals surface area contributed by atoms with Crippen LogP contribution in [0.1, 0.15) is 36.2 Å². The van der Waals surface area contributed by atoms with Gasteiger partial charge in [-0.3, -0.25) is 14.3 Å². The number of hydrogen-bond donors (Lipinski definition) is 0. The highest BCUT2D eigenvalue weighted by molar-refractivity contribution is 7.98. The van der Waals surface area contributed by atoms with E-state index in [9.17, 15) is 4.79 Å². The molecule has 1 aromatic carbocycles. The van der Waals surface area contributed by atoms with Crippen molar-refractivity contribution in [3.05, 3.63) is 58.3 Å². The summed E-state index contributed by atoms with van der Waals surface area (Å²) in [6.45, 7) is 10.5. The van der Waals surface area contributed by atoms with Crippen LogP contribution in [-0.2, 0) is 17.1 Å². The summed E-state index contributed by atoms with van der Waals surface area (Å²) in [4.78, 5) is 19.1. The maximum Gasteiger partial charge on any atom is 0.230 e. The number of thiazole rings is 1. The molecule has 1 amide bonds. The average Bonchev–Trinajstić information content (AvgIpc) is 3.48. The number of hydrogen-bond acceptors (Lipinski definition) is 7. The number of carbonyl (C=O) groups excluding carboxylic acids is 1. The first kappa shape index (κ1) is 22.3. The van der Waals surface area contributed by atoms with E-state index < -0.39 is 0 Å². The number of benzene rings is 1. The van der Waals surface area contributed by atoms with Crippen molar-refractivity contribution in [3.63, 3.8) is 0 Å². The number of aryl methyl sites for hydroxylation is 3. The van der Waals surface area contributed by atoms with Gasteiger partial charge in [0.15, 0.2) is 21.9 Å². The summed E-state index contributed by atoms with van der Waals surface area (Å²) in [6.07, 6.45) is 1.63. The quantitative estimate of drug-likeness (QED) is 0.314. The van der Waals surface area contributed by atoms with Crippen LogP contribution < -0.4 is 4.90 Å². The molecule has 3 heterocycles. The zero-order valence-electron chi connectivity index (χ0n) is 18.7. The molecule has 32 heavy (non-hydrogen) atoms. The molecule has 0 N–H and O–H groups in total. The fourth-order valence-electron chi connectivity index (χ4n) is 3.79. The van der Waals surface area contributed by atoms with Crippen LogP contribution in [0.15, 0.2) is 45.5 Å². The molecule has 0 saturated carbocycles. The minimum absolute atomic E-state index is 0.0533. The summed E-state index contributed by atoms with van der Waals surface area (Å²) in [7, 11) is 0. The summed E-state index contributed by atoms with van der Waals surface area (Å²) in [6, 6.07) is 7.91. The van der Waals surface area contributed by atoms with Gasteiger partial charge in [0.1, 0.15) is 0 Å². The van der Waals surface area contributed by atoms with Crippen LogP contribution in [0.25, 0.3) is 11.6 Å². The topological polar surface area (TPSA) is 77.1 Å². The second kappa shape index (κ2) is 9.30. The molecular weight excluding hydrogens is 442 g/mol. The molecule has 7 nitrogen and oxygen atoms in total. The van der Waals surface area contributed by atoms with Gasteiger partial charge in [-0.05, 0) is 51.0 Å². The maximum absolute atomic E-state index is 12.6. The zero-order valence-corrected chi connectivity index (χ0v) is 20.4. The van der Waals surface area contributed by atoms with Gasteiger partial charge in [-0.25, -0.2) is 4.98 Å². The maximum atomic E-state index is 12.6. The molecule has 9 heteroatoms. The largest absolute Gasteiger partial charge is 0.461 e. The van der Waals surface area contributed by atoms with Gasteiger partial charge in [-0.2, -0.15) is 0 Å². The lowest BCUT2D eigenvalue weighted by Crippen LogP contribution is -2.24. The molecule has 0 bridgehead atoms. The van der Waals surface area contributed by atoms with Gasteiger partial charge >= 0.3 is 0 Å². The van der Waals surface area contributed by atoms with E-state index in [2.05, 4.69) is 36.2 Å². The summed E-state index contributed by atoms with van der Waals surface area (Å²) in [5.74, 6) is 1.99. The van der Waals surface area contributed by atoms with Crippen molar-refractivity contribution in [1.82, 2.24) is 19.7 Å². The van der Waals surface area contributed by atoms with Gasteiger partial charge in [-0.15, -0.1) is 21.5 Å². The van der Waals surface area contributed by atoms with Crippen LogP contribution in [0.5, 0.6) is 0 Å². The van der Waals surface area contributed by atoms with Gasteiger partial charge in [0.2, 0.25) is 5.91 Å². The van der Waals surface area contributed by atoms with E-state index in [1.807, 2.05) is 35.9 Å². The predicted molar refractivity (Wildman–Crippen MR) is 129 cm³/mol. The lowest BCUT2D eigenvalue weighted by molar-refractivity contribution is -0.115. The highest BCUT2D eigenvalue weighted by Gasteiger charge is 2.22. The smallest absolute Gasteiger partial charge is 0.230 e. The summed E-state index contributed by atoms with van der Waals surface area (Å²) < 4.78 is 7.50. The van der Waals surface area contributed by atoms with E-state index in [0.717, 1.165) is 34.2 Å². The van der Waals surface area contributed by atoms with Crippen LogP contribution in [-0.4, -0.2) is 25.7 Å². The Balaban J connectivity index is 1.56. The number of aromatic nitrogens is 4. The zero-order chi connectivity index (χ0) is 22.8. The van der Waals surface area contributed by atoms with Gasteiger partial charge < -0.3 is 4.42 Å². The molecule has 0 aliphatic carbocycles. The highest BCUT2D eigenvalue weighted by atomic mass is 32.2. The molecule has 0 spiro atoms. The fourth-order valence-corrected chi connectivity index (χ4v) is 5.66. The minimum atomic E-state index is -0.0533. The van der Waals surface area contributed by atoms with Crippen LogP contribution in [0.2, 0.25) is 0 Å². The predicted octanol–water partition coefficient (Wildman–Crippen LogP) is 5.92. The number of amides is 1. The molecule has 0 atom stereocenters. The fraction of sp³-hybridized carbons (Fsp3) is 0.304. The standard InChI is InChI=1S/C23H25N5O2S2/c1-6-27-21(19-8-7-9-30-19)25-26-23(27)32-13-18-12-31-22(24-18)28(17(5)29)20-15(3)10-14(2)11-16(20)4/h7-12H,6,13H2,1-5H3. The third kappa shape index (κ3) is 4.35. The summed E-state index contributed by atoms with van der Waals surface area (Å²) in [5.41, 5.74) is 5.10. The number of thioether (sulfide) groups is 1. The van der Waals surface area contributed by atoms with Gasteiger partial charge in [-0.1, -0.05) is 29.5 Å². The highest BCUT2D eigenvalue weighted by Crippen LogP contribution is 2.35. The first-order chi connectivity index (χ1) is 15.4. The lowest BCUT2D eigenvalue weighted by atomic mass is 10.0. The molecule has 166 valence electrons. The van der Waals surface area contributed by atoms with Crippen LogP contribution in [0, 0.1) is 20.8 Å². The Morgan fingerprint density at radius 1 is 1.22 bits per heavy atom. The summed E-state index contributed by atoms with van der Waals surface area (Å²) >= 11 is 3.04. The van der Waals surface area contributed by atoms with Crippen LogP contribution in [0.4, 0.5) is 10.8 Å². The van der Waals surface area contributed by atoms with Crippen molar-refractivity contribution in [2.24, 2.45) is 0 Å². The van der Waals surface area contributed by atoms with Crippen LogP contribution >= 0.6 is 23.1 Å². The van der Waals surface area contributed by atoms with E-state index in [0.29, 0.717) is 22.5 Å². The Hall–Kier alpha value is -2.91. The molecule has 3 aromatic heterocycles. The Bertz CT molecular complexity index is 1220. The molecule has 4 aromatic rings. The van der Waals surface area contributed by atoms with Crippen LogP contribution in [0.3, 0.4) is 0 Å². The van der Waals surface area contributed by atoms with Gasteiger partial charge in [0.05, 0.1) is 17.6 Å². The van der Waals surface area contributed by atoms with Crippen molar-refractivity contribution in [2.75, 3.05) is 4.90 Å². The molecule has 0 saturated heterocycles. The second-order valence-corrected chi connectivity index (χ2v) is 9.32. The molecule has 0 radical (unpaired) electrons. The molecule has 0 unspecified atom stereocenters. The van der Waals surface area contributed by atoms with Gasteiger partial charge in [0.25, 0.3) is 0 Å². The average molecular weight is 468 g/mol. The molecule has 0 fully saturated rings. The lowest BCUT2D eigenvalue weighted by Gasteiger charge is -2.23. The number of furan rings is 1. The van der Waals surface area contributed by atoms with Crippen molar-refractivity contribution in [2.45, 2.75) is 52.1 Å². The molecule has 4 rings (SSSR count). The van der Waals surface area contributed by atoms with Crippen molar-refractivity contribution >= 4 is 39.8 Å². The van der Waals surface area contributed by atoms with E-state index in [-0.39, 0.29) is 5.91 Å². The molecular formula is C23H25N5O2S2. The minimum Gasteiger partial charge on any atom is -0.461 e. The van der Waals surface area contributed by atoms with E-state index >= 15 is 0 Å². The monoisotopic (exact) mass is 467 g/mol. The van der Waals surface area contributed by atoms with Gasteiger partial charge in [0, 0.05) is 24.6 Å². The summed E-state index contributed by atoms with van der Waals surface area (Å²) in [5, 5.41) is 12.1. The number of nitrogens with zero attached hydrogens (tertiary/aromatic N) is 5. The third-order valence-corrected chi connectivity index (χ3v) is 6.90. The number of anilines is 2. The SMILES string of the molecule is CCn1c(SCc2csc(N(C(C)=O)c3c(C)cc(C)cc3C)n2)nnc1-c1ccco1. The Kier molecular flexibility index (Phi) is 6.48. The molecule has 0 aliphatic rings. The number of carbonyl (C=O) groups is 1. The second-order valence-electron chi connectivity index (χ2n) is 7.54.